The first-order valence-electron chi connectivity index (χ1n) is 8.30. The van der Waals surface area contributed by atoms with Gasteiger partial charge in [0, 0.05) is 5.56 Å². The zero-order valence-corrected chi connectivity index (χ0v) is 15.3. The highest BCUT2D eigenvalue weighted by Gasteiger charge is 2.26. The summed E-state index contributed by atoms with van der Waals surface area (Å²) in [5, 5.41) is 21.3. The van der Waals surface area contributed by atoms with Crippen LogP contribution >= 0.6 is 0 Å². The fourth-order valence-electron chi connectivity index (χ4n) is 3.08. The van der Waals surface area contributed by atoms with Crippen molar-refractivity contribution >= 4 is 11.4 Å². The first-order chi connectivity index (χ1) is 13.5. The number of nitrogens with zero attached hydrogens (tertiary/aromatic N) is 2. The minimum Gasteiger partial charge on any atom is -0.493 e. The van der Waals surface area contributed by atoms with Crippen LogP contribution in [0.25, 0.3) is 22.3 Å². The molecule has 0 heterocycles. The van der Waals surface area contributed by atoms with Crippen LogP contribution in [-0.4, -0.2) is 19.1 Å². The Hall–Kier alpha value is -4.05. The van der Waals surface area contributed by atoms with Gasteiger partial charge >= 0.3 is 5.69 Å². The highest BCUT2D eigenvalue weighted by atomic mass is 16.6. The van der Waals surface area contributed by atoms with Gasteiger partial charge in [0.1, 0.15) is 11.8 Å². The molecule has 0 fully saturated rings. The quantitative estimate of drug-likeness (QED) is 0.402. The largest absolute Gasteiger partial charge is 0.493 e. The van der Waals surface area contributed by atoms with Gasteiger partial charge in [0.25, 0.3) is 0 Å². The topological polar surface area (TPSA) is 111 Å². The highest BCUT2D eigenvalue weighted by molar-refractivity contribution is 5.92. The molecule has 3 rings (SSSR count). The number of nitro benzene ring substituents is 1. The molecule has 0 unspecified atom stereocenters. The molecule has 2 N–H and O–H groups in total. The molecule has 0 saturated heterocycles. The Labute approximate surface area is 161 Å². The Morgan fingerprint density at radius 3 is 2.21 bits per heavy atom. The Morgan fingerprint density at radius 1 is 0.964 bits per heavy atom. The van der Waals surface area contributed by atoms with Crippen LogP contribution in [0.4, 0.5) is 11.4 Å². The van der Waals surface area contributed by atoms with E-state index in [9.17, 15) is 15.4 Å². The summed E-state index contributed by atoms with van der Waals surface area (Å²) >= 11 is 0. The number of ether oxygens (including phenoxy) is 2. The maximum Gasteiger partial charge on any atom is 0.301 e. The van der Waals surface area contributed by atoms with Crippen LogP contribution in [0.5, 0.6) is 11.5 Å². The number of benzene rings is 3. The van der Waals surface area contributed by atoms with Gasteiger partial charge < -0.3 is 15.2 Å². The predicted molar refractivity (Wildman–Crippen MR) is 106 cm³/mol. The molecular weight excluding hydrogens is 358 g/mol. The molecule has 0 bridgehead atoms. The number of methoxy groups -OCH3 is 2. The molecule has 0 aromatic heterocycles. The maximum absolute atomic E-state index is 11.7. The second-order valence-electron chi connectivity index (χ2n) is 5.91. The van der Waals surface area contributed by atoms with Gasteiger partial charge in [0.15, 0.2) is 11.5 Å². The third-order valence-corrected chi connectivity index (χ3v) is 4.41. The molecule has 28 heavy (non-hydrogen) atoms. The van der Waals surface area contributed by atoms with E-state index in [0.29, 0.717) is 33.8 Å². The van der Waals surface area contributed by atoms with Crippen LogP contribution in [0.1, 0.15) is 5.56 Å². The number of nitro groups is 1. The molecule has 7 heteroatoms. The number of rotatable bonds is 5. The van der Waals surface area contributed by atoms with Gasteiger partial charge in [-0.05, 0) is 29.3 Å². The van der Waals surface area contributed by atoms with E-state index in [-0.39, 0.29) is 16.9 Å². The van der Waals surface area contributed by atoms with Gasteiger partial charge in [-0.15, -0.1) is 0 Å². The Bertz CT molecular complexity index is 1090. The van der Waals surface area contributed by atoms with Crippen LogP contribution in [0.15, 0.2) is 54.6 Å². The summed E-state index contributed by atoms with van der Waals surface area (Å²) in [7, 11) is 3.03. The van der Waals surface area contributed by atoms with E-state index in [0.717, 1.165) is 0 Å². The third-order valence-electron chi connectivity index (χ3n) is 4.41. The van der Waals surface area contributed by atoms with Crippen molar-refractivity contribution in [2.24, 2.45) is 0 Å². The molecule has 0 radical (unpaired) electrons. The lowest BCUT2D eigenvalue weighted by Gasteiger charge is -2.14. The summed E-state index contributed by atoms with van der Waals surface area (Å²) in [4.78, 5) is 11.1. The number of hydrogen-bond donors (Lipinski definition) is 1. The van der Waals surface area contributed by atoms with Gasteiger partial charge in [-0.2, -0.15) is 5.26 Å². The standard InChI is InChI=1S/C21H17N3O4/c1-27-18-9-8-14(10-19(18)28-2)15-11-16(13-6-4-3-5-7-13)21(24(25)26)20(23)17(15)12-22/h3-11H,23H2,1-2H3. The van der Waals surface area contributed by atoms with Gasteiger partial charge in [0.05, 0.1) is 30.3 Å². The van der Waals surface area contributed by atoms with Crippen molar-refractivity contribution in [3.05, 3.63) is 70.3 Å². The second kappa shape index (κ2) is 7.68. The van der Waals surface area contributed by atoms with E-state index in [1.807, 2.05) is 12.1 Å². The van der Waals surface area contributed by atoms with Crippen LogP contribution < -0.4 is 15.2 Å². The van der Waals surface area contributed by atoms with E-state index in [1.165, 1.54) is 14.2 Å². The molecule has 0 amide bonds. The summed E-state index contributed by atoms with van der Waals surface area (Å²) < 4.78 is 10.6. The Morgan fingerprint density at radius 2 is 1.64 bits per heavy atom. The third kappa shape index (κ3) is 3.19. The van der Waals surface area contributed by atoms with E-state index >= 15 is 0 Å². The SMILES string of the molecule is COc1ccc(-c2cc(-c3ccccc3)c([N+](=O)[O-])c(N)c2C#N)cc1OC. The molecule has 0 saturated carbocycles. The molecule has 7 nitrogen and oxygen atoms in total. The molecule has 3 aromatic carbocycles. The number of hydrogen-bond acceptors (Lipinski definition) is 6. The normalized spacial score (nSPS) is 10.2. The summed E-state index contributed by atoms with van der Waals surface area (Å²) in [5.74, 6) is 1.00. The molecule has 0 atom stereocenters. The summed E-state index contributed by atoms with van der Waals surface area (Å²) in [6, 6.07) is 17.7. The lowest BCUT2D eigenvalue weighted by molar-refractivity contribution is -0.383. The van der Waals surface area contributed by atoms with Crippen LogP contribution in [0.3, 0.4) is 0 Å². The number of nitriles is 1. The summed E-state index contributed by atoms with van der Waals surface area (Å²) in [5.41, 5.74) is 7.75. The van der Waals surface area contributed by atoms with E-state index in [2.05, 4.69) is 0 Å². The first-order valence-corrected chi connectivity index (χ1v) is 8.30. The van der Waals surface area contributed by atoms with Crippen molar-refractivity contribution < 1.29 is 14.4 Å². The number of nitrogen functional groups attached to an aromatic ring is 1. The van der Waals surface area contributed by atoms with Crippen molar-refractivity contribution in [1.29, 1.82) is 5.26 Å². The smallest absolute Gasteiger partial charge is 0.301 e. The van der Waals surface area contributed by atoms with Crippen LogP contribution in [-0.2, 0) is 0 Å². The molecule has 0 aliphatic heterocycles. The first kappa shape index (κ1) is 18.7. The lowest BCUT2D eigenvalue weighted by Crippen LogP contribution is -2.03. The predicted octanol–water partition coefficient (Wildman–Crippen LogP) is 4.40. The summed E-state index contributed by atoms with van der Waals surface area (Å²) in [6.45, 7) is 0. The monoisotopic (exact) mass is 375 g/mol. The van der Waals surface area contributed by atoms with E-state index in [1.54, 1.807) is 48.5 Å². The van der Waals surface area contributed by atoms with Crippen molar-refractivity contribution in [2.75, 3.05) is 20.0 Å². The average molecular weight is 375 g/mol. The fraction of sp³-hybridized carbons (Fsp3) is 0.0952. The average Bonchev–Trinajstić information content (AvgIpc) is 2.72. The van der Waals surface area contributed by atoms with Crippen molar-refractivity contribution in [1.82, 2.24) is 0 Å². The van der Waals surface area contributed by atoms with Crippen LogP contribution in [0, 0.1) is 21.4 Å². The van der Waals surface area contributed by atoms with Gasteiger partial charge in [-0.25, -0.2) is 0 Å². The molecule has 0 aliphatic rings. The molecular formula is C21H17N3O4. The maximum atomic E-state index is 11.7. The summed E-state index contributed by atoms with van der Waals surface area (Å²) in [6.07, 6.45) is 0. The zero-order chi connectivity index (χ0) is 20.3. The van der Waals surface area contributed by atoms with E-state index in [4.69, 9.17) is 15.2 Å². The van der Waals surface area contributed by atoms with Gasteiger partial charge in [-0.1, -0.05) is 36.4 Å². The molecule has 3 aromatic rings. The molecule has 0 spiro atoms. The molecule has 140 valence electrons. The molecule has 0 aliphatic carbocycles. The Balaban J connectivity index is 2.35. The Kier molecular flexibility index (Phi) is 5.14. The van der Waals surface area contributed by atoms with Crippen molar-refractivity contribution in [2.45, 2.75) is 0 Å². The van der Waals surface area contributed by atoms with Gasteiger partial charge in [-0.3, -0.25) is 10.1 Å². The second-order valence-corrected chi connectivity index (χ2v) is 5.91. The van der Waals surface area contributed by atoms with Crippen molar-refractivity contribution in [3.63, 3.8) is 0 Å². The highest BCUT2D eigenvalue weighted by Crippen LogP contribution is 2.43. The number of nitrogens with two attached hydrogens (primary N) is 1. The minimum atomic E-state index is -0.559. The zero-order valence-electron chi connectivity index (χ0n) is 15.3. The minimum absolute atomic E-state index is 0.0404. The van der Waals surface area contributed by atoms with Gasteiger partial charge in [0.2, 0.25) is 0 Å². The van der Waals surface area contributed by atoms with E-state index < -0.39 is 4.92 Å². The fourth-order valence-corrected chi connectivity index (χ4v) is 3.08. The number of anilines is 1. The van der Waals surface area contributed by atoms with Crippen LogP contribution in [0.2, 0.25) is 0 Å². The lowest BCUT2D eigenvalue weighted by atomic mass is 9.91. The van der Waals surface area contributed by atoms with Crippen molar-refractivity contribution in [3.8, 4) is 39.8 Å².